The van der Waals surface area contributed by atoms with Gasteiger partial charge in [-0.05, 0) is 13.0 Å². The summed E-state index contributed by atoms with van der Waals surface area (Å²) in [5.74, 6) is -0.581. The van der Waals surface area contributed by atoms with Gasteiger partial charge in [0.1, 0.15) is 6.10 Å². The quantitative estimate of drug-likeness (QED) is 0.818. The van der Waals surface area contributed by atoms with Gasteiger partial charge in [-0.25, -0.2) is 0 Å². The lowest BCUT2D eigenvalue weighted by atomic mass is 10.0. The monoisotopic (exact) mass is 292 g/mol. The Hall–Kier alpha value is -0.810. The largest absolute Gasteiger partial charge is 0.466 e. The van der Waals surface area contributed by atoms with Gasteiger partial charge in [0.05, 0.1) is 29.2 Å². The normalized spacial score (nSPS) is 14.1. The summed E-state index contributed by atoms with van der Waals surface area (Å²) in [5.41, 5.74) is 0.279. The molecule has 0 aliphatic rings. The molecule has 0 saturated heterocycles. The van der Waals surface area contributed by atoms with Gasteiger partial charge in [-0.15, -0.1) is 0 Å². The molecule has 1 aromatic rings. The van der Waals surface area contributed by atoms with Crippen molar-refractivity contribution in [2.75, 3.05) is 6.61 Å². The minimum absolute atomic E-state index is 0.162. The Kier molecular flexibility index (Phi) is 5.88. The molecule has 2 N–H and O–H groups in total. The van der Waals surface area contributed by atoms with Gasteiger partial charge in [-0.1, -0.05) is 35.3 Å². The second-order valence-corrected chi connectivity index (χ2v) is 4.45. The molecule has 0 heterocycles. The average Bonchev–Trinajstić information content (AvgIpc) is 2.32. The predicted octanol–water partition coefficient (Wildman–Crippen LogP) is 2.34. The van der Waals surface area contributed by atoms with Crippen LogP contribution >= 0.6 is 23.2 Å². The minimum atomic E-state index is -1.29. The minimum Gasteiger partial charge on any atom is -0.466 e. The molecule has 0 amide bonds. The SMILES string of the molecule is CCOC(=O)CC(O)C(O)c1cccc(Cl)c1Cl. The van der Waals surface area contributed by atoms with Crippen LogP contribution in [0.2, 0.25) is 10.0 Å². The van der Waals surface area contributed by atoms with E-state index in [9.17, 15) is 15.0 Å². The molecule has 2 atom stereocenters. The van der Waals surface area contributed by atoms with E-state index >= 15 is 0 Å². The smallest absolute Gasteiger partial charge is 0.308 e. The van der Waals surface area contributed by atoms with E-state index in [0.29, 0.717) is 0 Å². The molecule has 0 saturated carbocycles. The maximum absolute atomic E-state index is 11.2. The maximum Gasteiger partial charge on any atom is 0.308 e. The number of benzene rings is 1. The van der Waals surface area contributed by atoms with Gasteiger partial charge < -0.3 is 14.9 Å². The fourth-order valence-corrected chi connectivity index (χ4v) is 1.88. The Bertz CT molecular complexity index is 423. The molecular formula is C12H14Cl2O4. The van der Waals surface area contributed by atoms with Gasteiger partial charge in [0.15, 0.2) is 0 Å². The summed E-state index contributed by atoms with van der Waals surface area (Å²) in [7, 11) is 0. The van der Waals surface area contributed by atoms with Gasteiger partial charge in [-0.2, -0.15) is 0 Å². The second-order valence-electron chi connectivity index (χ2n) is 3.66. The van der Waals surface area contributed by atoms with E-state index in [1.54, 1.807) is 19.1 Å². The third-order valence-electron chi connectivity index (χ3n) is 2.35. The van der Waals surface area contributed by atoms with Crippen LogP contribution in [-0.4, -0.2) is 28.9 Å². The first-order valence-electron chi connectivity index (χ1n) is 5.43. The van der Waals surface area contributed by atoms with E-state index in [1.807, 2.05) is 0 Å². The highest BCUT2D eigenvalue weighted by atomic mass is 35.5. The van der Waals surface area contributed by atoms with E-state index in [0.717, 1.165) is 0 Å². The molecule has 1 rings (SSSR count). The second kappa shape index (κ2) is 6.95. The van der Waals surface area contributed by atoms with Gasteiger partial charge in [0.2, 0.25) is 0 Å². The lowest BCUT2D eigenvalue weighted by molar-refractivity contribution is -0.147. The molecule has 0 bridgehead atoms. The molecule has 0 radical (unpaired) electrons. The molecular weight excluding hydrogens is 279 g/mol. The summed E-state index contributed by atoms with van der Waals surface area (Å²) < 4.78 is 4.68. The van der Waals surface area contributed by atoms with E-state index in [4.69, 9.17) is 23.2 Å². The molecule has 18 heavy (non-hydrogen) atoms. The molecule has 0 spiro atoms. The summed E-state index contributed by atoms with van der Waals surface area (Å²) in [5, 5.41) is 20.1. The Labute approximate surface area is 115 Å². The van der Waals surface area contributed by atoms with Crippen LogP contribution in [0.3, 0.4) is 0 Å². The number of halogens is 2. The number of aliphatic hydroxyl groups excluding tert-OH is 2. The molecule has 6 heteroatoms. The van der Waals surface area contributed by atoms with Crippen molar-refractivity contribution in [2.45, 2.75) is 25.6 Å². The topological polar surface area (TPSA) is 66.8 Å². The third-order valence-corrected chi connectivity index (χ3v) is 3.18. The number of esters is 1. The molecule has 4 nitrogen and oxygen atoms in total. The van der Waals surface area contributed by atoms with Gasteiger partial charge in [-0.3, -0.25) is 4.79 Å². The Morgan fingerprint density at radius 3 is 2.67 bits per heavy atom. The van der Waals surface area contributed by atoms with Crippen molar-refractivity contribution in [2.24, 2.45) is 0 Å². The Morgan fingerprint density at radius 1 is 1.39 bits per heavy atom. The number of aliphatic hydroxyl groups is 2. The summed E-state index contributed by atoms with van der Waals surface area (Å²) in [6, 6.07) is 4.70. The maximum atomic E-state index is 11.2. The fourth-order valence-electron chi connectivity index (χ4n) is 1.46. The van der Waals surface area contributed by atoms with Crippen LogP contribution in [0, 0.1) is 0 Å². The van der Waals surface area contributed by atoms with E-state index in [1.165, 1.54) is 6.07 Å². The molecule has 0 aliphatic heterocycles. The predicted molar refractivity (Wildman–Crippen MR) is 68.7 cm³/mol. The van der Waals surface area contributed by atoms with Crippen LogP contribution in [0.4, 0.5) is 0 Å². The van der Waals surface area contributed by atoms with E-state index in [2.05, 4.69) is 4.74 Å². The van der Waals surface area contributed by atoms with Crippen molar-refractivity contribution in [1.29, 1.82) is 0 Å². The number of ether oxygens (including phenoxy) is 1. The first-order chi connectivity index (χ1) is 8.47. The van der Waals surface area contributed by atoms with E-state index < -0.39 is 18.2 Å². The number of hydrogen-bond donors (Lipinski definition) is 2. The Balaban J connectivity index is 2.77. The summed E-state index contributed by atoms with van der Waals surface area (Å²) >= 11 is 11.7. The highest BCUT2D eigenvalue weighted by molar-refractivity contribution is 6.42. The zero-order valence-electron chi connectivity index (χ0n) is 9.77. The van der Waals surface area contributed by atoms with Crippen molar-refractivity contribution in [3.8, 4) is 0 Å². The average molecular weight is 293 g/mol. The zero-order valence-corrected chi connectivity index (χ0v) is 11.3. The van der Waals surface area contributed by atoms with Crippen molar-refractivity contribution in [3.05, 3.63) is 33.8 Å². The Morgan fingerprint density at radius 2 is 2.06 bits per heavy atom. The standard InChI is InChI=1S/C12H14Cl2O4/c1-2-18-10(16)6-9(15)12(17)7-4-3-5-8(13)11(7)14/h3-5,9,12,15,17H,2,6H2,1H3. The third kappa shape index (κ3) is 3.85. The number of rotatable bonds is 5. The van der Waals surface area contributed by atoms with Crippen LogP contribution < -0.4 is 0 Å². The zero-order chi connectivity index (χ0) is 13.7. The van der Waals surface area contributed by atoms with Crippen molar-refractivity contribution >= 4 is 29.2 Å². The highest BCUT2D eigenvalue weighted by Crippen LogP contribution is 2.31. The highest BCUT2D eigenvalue weighted by Gasteiger charge is 2.24. The van der Waals surface area contributed by atoms with Crippen LogP contribution in [0.5, 0.6) is 0 Å². The molecule has 0 aromatic heterocycles. The number of carbonyl (C=O) groups is 1. The van der Waals surface area contributed by atoms with Crippen LogP contribution in [0.25, 0.3) is 0 Å². The molecule has 0 aliphatic carbocycles. The summed E-state index contributed by atoms with van der Waals surface area (Å²) in [4.78, 5) is 11.2. The fraction of sp³-hybridized carbons (Fsp3) is 0.417. The van der Waals surface area contributed by atoms with Crippen molar-refractivity contribution in [3.63, 3.8) is 0 Å². The first-order valence-corrected chi connectivity index (χ1v) is 6.18. The van der Waals surface area contributed by atoms with E-state index in [-0.39, 0.29) is 28.6 Å². The molecule has 100 valence electrons. The van der Waals surface area contributed by atoms with Crippen molar-refractivity contribution < 1.29 is 19.7 Å². The van der Waals surface area contributed by atoms with Gasteiger partial charge >= 0.3 is 5.97 Å². The van der Waals surface area contributed by atoms with Gasteiger partial charge in [0, 0.05) is 5.56 Å². The number of hydrogen-bond acceptors (Lipinski definition) is 4. The number of carbonyl (C=O) groups excluding carboxylic acids is 1. The lowest BCUT2D eigenvalue weighted by Gasteiger charge is -2.18. The van der Waals surface area contributed by atoms with Crippen LogP contribution in [0.15, 0.2) is 18.2 Å². The van der Waals surface area contributed by atoms with Crippen molar-refractivity contribution in [1.82, 2.24) is 0 Å². The van der Waals surface area contributed by atoms with Crippen LogP contribution in [-0.2, 0) is 9.53 Å². The molecule has 2 unspecified atom stereocenters. The summed E-state index contributed by atoms with van der Waals surface area (Å²) in [6.45, 7) is 1.88. The molecule has 0 fully saturated rings. The van der Waals surface area contributed by atoms with Crippen LogP contribution in [0.1, 0.15) is 25.0 Å². The molecule has 1 aromatic carbocycles. The summed E-state index contributed by atoms with van der Waals surface area (Å²) in [6.07, 6.45) is -2.89. The first kappa shape index (κ1) is 15.2. The van der Waals surface area contributed by atoms with Gasteiger partial charge in [0.25, 0.3) is 0 Å². The lowest BCUT2D eigenvalue weighted by Crippen LogP contribution is -2.23.